The number of esters is 1. The predicted molar refractivity (Wildman–Crippen MR) is 97.4 cm³/mol. The number of amides is 1. The number of anilines is 1. The average molecular weight is 342 g/mol. The third-order valence-electron chi connectivity index (χ3n) is 3.43. The van der Waals surface area contributed by atoms with Crippen molar-refractivity contribution in [1.82, 2.24) is 5.32 Å². The maximum absolute atomic E-state index is 12.2. The molecular weight excluding hydrogens is 324 g/mol. The van der Waals surface area contributed by atoms with Gasteiger partial charge in [0, 0.05) is 11.3 Å². The van der Waals surface area contributed by atoms with Crippen LogP contribution in [0.15, 0.2) is 42.5 Å². The van der Waals surface area contributed by atoms with Gasteiger partial charge in [-0.2, -0.15) is 0 Å². The summed E-state index contributed by atoms with van der Waals surface area (Å²) in [5.74, 6) is -0.803. The van der Waals surface area contributed by atoms with Gasteiger partial charge in [-0.25, -0.2) is 4.79 Å². The molecule has 0 radical (unpaired) electrons. The van der Waals surface area contributed by atoms with Gasteiger partial charge in [-0.1, -0.05) is 17.7 Å². The van der Waals surface area contributed by atoms with E-state index in [0.29, 0.717) is 11.1 Å². The van der Waals surface area contributed by atoms with Crippen LogP contribution in [0.25, 0.3) is 0 Å². The minimum absolute atomic E-state index is 0.212. The van der Waals surface area contributed by atoms with E-state index in [0.717, 1.165) is 16.8 Å². The van der Waals surface area contributed by atoms with Crippen molar-refractivity contribution in [3.05, 3.63) is 64.7 Å². The molecule has 24 heavy (non-hydrogen) atoms. The number of rotatable bonds is 3. The van der Waals surface area contributed by atoms with Crippen LogP contribution in [0.3, 0.4) is 0 Å². The molecule has 0 aliphatic carbocycles. The van der Waals surface area contributed by atoms with Gasteiger partial charge in [0.05, 0.1) is 12.7 Å². The first-order valence-electron chi connectivity index (χ1n) is 7.28. The Labute approximate surface area is 146 Å². The van der Waals surface area contributed by atoms with E-state index in [4.69, 9.17) is 12.2 Å². The van der Waals surface area contributed by atoms with Crippen LogP contribution in [0.5, 0.6) is 0 Å². The molecule has 0 heterocycles. The summed E-state index contributed by atoms with van der Waals surface area (Å²) in [4.78, 5) is 23.6. The van der Waals surface area contributed by atoms with E-state index < -0.39 is 5.97 Å². The average Bonchev–Trinajstić information content (AvgIpc) is 2.56. The largest absolute Gasteiger partial charge is 0.465 e. The van der Waals surface area contributed by atoms with Crippen molar-refractivity contribution < 1.29 is 14.3 Å². The summed E-state index contributed by atoms with van der Waals surface area (Å²) >= 11 is 5.17. The summed E-state index contributed by atoms with van der Waals surface area (Å²) in [6.45, 7) is 3.97. The molecule has 0 atom stereocenters. The van der Waals surface area contributed by atoms with Gasteiger partial charge in [0.2, 0.25) is 0 Å². The van der Waals surface area contributed by atoms with E-state index in [1.165, 1.54) is 19.2 Å². The number of carbonyl (C=O) groups is 2. The van der Waals surface area contributed by atoms with E-state index in [9.17, 15) is 9.59 Å². The summed E-state index contributed by atoms with van der Waals surface area (Å²) in [6.07, 6.45) is 0. The van der Waals surface area contributed by atoms with Crippen molar-refractivity contribution in [3.8, 4) is 0 Å². The Hall–Kier alpha value is -2.73. The van der Waals surface area contributed by atoms with Gasteiger partial charge in [-0.3, -0.25) is 10.1 Å². The molecule has 2 aromatic carbocycles. The highest BCUT2D eigenvalue weighted by molar-refractivity contribution is 7.80. The Morgan fingerprint density at radius 2 is 1.62 bits per heavy atom. The lowest BCUT2D eigenvalue weighted by molar-refractivity contribution is 0.0600. The number of methoxy groups -OCH3 is 1. The standard InChI is InChI=1S/C18H18N2O3S/c1-11-4-9-15(12(2)10-11)19-18(24)20-16(21)13-5-7-14(8-6-13)17(22)23-3/h4-10H,1-3H3,(H2,19,20,21,24). The quantitative estimate of drug-likeness (QED) is 0.662. The summed E-state index contributed by atoms with van der Waals surface area (Å²) < 4.78 is 4.62. The van der Waals surface area contributed by atoms with Crippen molar-refractivity contribution >= 4 is 34.9 Å². The molecule has 124 valence electrons. The lowest BCUT2D eigenvalue weighted by Crippen LogP contribution is -2.34. The topological polar surface area (TPSA) is 67.4 Å². The third kappa shape index (κ3) is 4.39. The highest BCUT2D eigenvalue weighted by atomic mass is 32.1. The van der Waals surface area contributed by atoms with Crippen molar-refractivity contribution in [2.24, 2.45) is 0 Å². The van der Waals surface area contributed by atoms with E-state index in [1.807, 2.05) is 32.0 Å². The molecule has 2 rings (SSSR count). The second kappa shape index (κ2) is 7.70. The van der Waals surface area contributed by atoms with Crippen LogP contribution in [0.4, 0.5) is 5.69 Å². The fraction of sp³-hybridized carbons (Fsp3) is 0.167. The maximum atomic E-state index is 12.2. The molecule has 0 spiro atoms. The van der Waals surface area contributed by atoms with Gasteiger partial charge in [0.1, 0.15) is 0 Å². The molecule has 0 aromatic heterocycles. The summed E-state index contributed by atoms with van der Waals surface area (Å²) in [6, 6.07) is 12.0. The monoisotopic (exact) mass is 342 g/mol. The molecule has 0 saturated heterocycles. The summed E-state index contributed by atoms with van der Waals surface area (Å²) in [5, 5.41) is 5.83. The van der Waals surface area contributed by atoms with Gasteiger partial charge in [-0.05, 0) is 62.0 Å². The van der Waals surface area contributed by atoms with Crippen molar-refractivity contribution in [2.45, 2.75) is 13.8 Å². The first-order chi connectivity index (χ1) is 11.4. The number of carbonyl (C=O) groups excluding carboxylic acids is 2. The van der Waals surface area contributed by atoms with Crippen LogP contribution in [0.2, 0.25) is 0 Å². The Morgan fingerprint density at radius 3 is 2.21 bits per heavy atom. The van der Waals surface area contributed by atoms with Gasteiger partial charge in [0.25, 0.3) is 5.91 Å². The van der Waals surface area contributed by atoms with Gasteiger partial charge in [0.15, 0.2) is 5.11 Å². The first kappa shape index (κ1) is 17.6. The number of nitrogens with one attached hydrogen (secondary N) is 2. The molecule has 2 aromatic rings. The number of hydrogen-bond donors (Lipinski definition) is 2. The van der Waals surface area contributed by atoms with E-state index in [1.54, 1.807) is 12.1 Å². The minimum Gasteiger partial charge on any atom is -0.465 e. The SMILES string of the molecule is COC(=O)c1ccc(C(=O)NC(=S)Nc2ccc(C)cc2C)cc1. The molecule has 2 N–H and O–H groups in total. The highest BCUT2D eigenvalue weighted by Crippen LogP contribution is 2.15. The summed E-state index contributed by atoms with van der Waals surface area (Å²) in [5.41, 5.74) is 3.80. The second-order valence-electron chi connectivity index (χ2n) is 5.30. The molecule has 0 unspecified atom stereocenters. The first-order valence-corrected chi connectivity index (χ1v) is 7.69. The zero-order chi connectivity index (χ0) is 17.7. The Bertz CT molecular complexity index is 785. The van der Waals surface area contributed by atoms with Crippen molar-refractivity contribution in [1.29, 1.82) is 0 Å². The number of thiocarbonyl (C=S) groups is 1. The van der Waals surface area contributed by atoms with Crippen LogP contribution in [-0.4, -0.2) is 24.1 Å². The molecule has 0 fully saturated rings. The summed E-state index contributed by atoms with van der Waals surface area (Å²) in [7, 11) is 1.31. The van der Waals surface area contributed by atoms with Crippen LogP contribution >= 0.6 is 12.2 Å². The molecule has 0 aliphatic rings. The fourth-order valence-corrected chi connectivity index (χ4v) is 2.36. The Kier molecular flexibility index (Phi) is 5.65. The normalized spacial score (nSPS) is 9.96. The van der Waals surface area contributed by atoms with Crippen molar-refractivity contribution in [3.63, 3.8) is 0 Å². The van der Waals surface area contributed by atoms with Crippen molar-refractivity contribution in [2.75, 3.05) is 12.4 Å². The smallest absolute Gasteiger partial charge is 0.337 e. The lowest BCUT2D eigenvalue weighted by atomic mass is 10.1. The Balaban J connectivity index is 2.01. The maximum Gasteiger partial charge on any atom is 0.337 e. The fourth-order valence-electron chi connectivity index (χ4n) is 2.16. The van der Waals surface area contributed by atoms with E-state index in [-0.39, 0.29) is 11.0 Å². The highest BCUT2D eigenvalue weighted by Gasteiger charge is 2.11. The van der Waals surface area contributed by atoms with E-state index >= 15 is 0 Å². The van der Waals surface area contributed by atoms with Crippen LogP contribution in [0, 0.1) is 13.8 Å². The molecular formula is C18H18N2O3S. The molecule has 0 saturated carbocycles. The zero-order valence-corrected chi connectivity index (χ0v) is 14.5. The lowest BCUT2D eigenvalue weighted by Gasteiger charge is -2.12. The number of benzene rings is 2. The predicted octanol–water partition coefficient (Wildman–Crippen LogP) is 3.22. The zero-order valence-electron chi connectivity index (χ0n) is 13.7. The minimum atomic E-state index is -0.450. The van der Waals surface area contributed by atoms with Crippen LogP contribution in [-0.2, 0) is 4.74 Å². The number of hydrogen-bond acceptors (Lipinski definition) is 4. The number of aryl methyl sites for hydroxylation is 2. The second-order valence-corrected chi connectivity index (χ2v) is 5.70. The molecule has 0 bridgehead atoms. The van der Waals surface area contributed by atoms with E-state index in [2.05, 4.69) is 15.4 Å². The van der Waals surface area contributed by atoms with Gasteiger partial charge < -0.3 is 10.1 Å². The molecule has 0 aliphatic heterocycles. The number of ether oxygens (including phenoxy) is 1. The molecule has 5 nitrogen and oxygen atoms in total. The van der Waals surface area contributed by atoms with Gasteiger partial charge in [-0.15, -0.1) is 0 Å². The molecule has 1 amide bonds. The molecule has 6 heteroatoms. The Morgan fingerprint density at radius 1 is 1.00 bits per heavy atom. The van der Waals surface area contributed by atoms with Gasteiger partial charge >= 0.3 is 5.97 Å². The third-order valence-corrected chi connectivity index (χ3v) is 3.63. The van der Waals surface area contributed by atoms with Crippen LogP contribution < -0.4 is 10.6 Å². The van der Waals surface area contributed by atoms with Crippen LogP contribution in [0.1, 0.15) is 31.8 Å².